The van der Waals surface area contributed by atoms with Gasteiger partial charge in [-0.2, -0.15) is 0 Å². The zero-order valence-electron chi connectivity index (χ0n) is 15.0. The number of hydrogen-bond donors (Lipinski definition) is 2. The Labute approximate surface area is 152 Å². The van der Waals surface area contributed by atoms with Crippen LogP contribution >= 0.6 is 0 Å². The highest BCUT2D eigenvalue weighted by atomic mass is 19.1. The van der Waals surface area contributed by atoms with Gasteiger partial charge in [-0.1, -0.05) is 12.1 Å². The first-order valence-corrected chi connectivity index (χ1v) is 8.95. The van der Waals surface area contributed by atoms with Crippen LogP contribution in [0.5, 0.6) is 0 Å². The summed E-state index contributed by atoms with van der Waals surface area (Å²) in [5, 5.41) is 6.69. The van der Waals surface area contributed by atoms with Crippen LogP contribution in [0.25, 0.3) is 0 Å². The molecule has 1 aliphatic carbocycles. The molecule has 134 valence electrons. The second kappa shape index (κ2) is 6.86. The molecule has 1 aliphatic heterocycles. The van der Waals surface area contributed by atoms with Crippen molar-refractivity contribution in [3.63, 3.8) is 0 Å². The molecular weight excluding hydrogens is 329 g/mol. The normalized spacial score (nSPS) is 17.5. The molecule has 2 N–H and O–H groups in total. The molecule has 2 aliphatic rings. The Morgan fingerprint density at radius 3 is 2.58 bits per heavy atom. The van der Waals surface area contributed by atoms with Crippen LogP contribution in [0.3, 0.4) is 0 Å². The molecule has 26 heavy (non-hydrogen) atoms. The van der Waals surface area contributed by atoms with Gasteiger partial charge in [0.25, 0.3) is 0 Å². The summed E-state index contributed by atoms with van der Waals surface area (Å²) in [6.07, 6.45) is 6.26. The number of rotatable bonds is 5. The predicted octanol–water partition coefficient (Wildman–Crippen LogP) is 4.26. The summed E-state index contributed by atoms with van der Waals surface area (Å²) in [4.78, 5) is 13.3. The third kappa shape index (κ3) is 3.59. The maximum Gasteiger partial charge on any atom is 0.139 e. The second-order valence-electron chi connectivity index (χ2n) is 6.93. The topological polar surface area (TPSA) is 62.2 Å². The van der Waals surface area contributed by atoms with E-state index in [1.165, 1.54) is 36.9 Å². The third-order valence-corrected chi connectivity index (χ3v) is 4.91. The van der Waals surface area contributed by atoms with Crippen LogP contribution in [-0.2, 0) is 0 Å². The van der Waals surface area contributed by atoms with E-state index in [-0.39, 0.29) is 11.9 Å². The van der Waals surface area contributed by atoms with Crippen LogP contribution in [0, 0.1) is 18.7 Å². The van der Waals surface area contributed by atoms with Gasteiger partial charge in [-0.05, 0) is 62.0 Å². The van der Waals surface area contributed by atoms with Crippen molar-refractivity contribution in [3.8, 4) is 0 Å². The summed E-state index contributed by atoms with van der Waals surface area (Å²) in [5.41, 5.74) is 3.34. The summed E-state index contributed by atoms with van der Waals surface area (Å²) in [6.45, 7) is 4.79. The molecule has 5 nitrogen and oxygen atoms in total. The zero-order valence-corrected chi connectivity index (χ0v) is 15.0. The molecule has 0 bridgehead atoms. The highest BCUT2D eigenvalue weighted by Crippen LogP contribution is 2.38. The Morgan fingerprint density at radius 1 is 1.12 bits per heavy atom. The van der Waals surface area contributed by atoms with Crippen LogP contribution in [0.1, 0.15) is 36.9 Å². The highest BCUT2D eigenvalue weighted by Gasteiger charge is 2.28. The predicted molar refractivity (Wildman–Crippen MR) is 102 cm³/mol. The third-order valence-electron chi connectivity index (χ3n) is 4.91. The van der Waals surface area contributed by atoms with Crippen molar-refractivity contribution in [2.45, 2.75) is 32.7 Å². The number of nitrogens with one attached hydrogen (secondary N) is 2. The minimum absolute atomic E-state index is 0.00207. The summed E-state index contributed by atoms with van der Waals surface area (Å²) in [5.74, 6) is 2.87. The number of aliphatic imine (C=N–C) groups is 1. The van der Waals surface area contributed by atoms with Gasteiger partial charge >= 0.3 is 0 Å². The number of nitrogens with zero attached hydrogens (tertiary/aromatic N) is 3. The summed E-state index contributed by atoms with van der Waals surface area (Å²) < 4.78 is 13.1. The van der Waals surface area contributed by atoms with E-state index in [1.54, 1.807) is 12.1 Å². The largest absolute Gasteiger partial charge is 0.363 e. The van der Waals surface area contributed by atoms with Crippen molar-refractivity contribution < 1.29 is 4.39 Å². The van der Waals surface area contributed by atoms with Crippen molar-refractivity contribution in [2.75, 3.05) is 17.2 Å². The standard InChI is InChI=1S/C20H22FN5/c1-12-19(25-13(2)14-5-7-17(21)8-6-14)23-11-24-20(12)26-18-9-16(10-22-18)15-3-4-15/h5-9,11,13,15H,3-4,10H2,1-2H3,(H2,22,23,24,25,26)/t13-/m0/s1. The van der Waals surface area contributed by atoms with E-state index in [9.17, 15) is 4.39 Å². The van der Waals surface area contributed by atoms with E-state index in [0.29, 0.717) is 0 Å². The lowest BCUT2D eigenvalue weighted by Crippen LogP contribution is -2.14. The number of amidine groups is 1. The lowest BCUT2D eigenvalue weighted by molar-refractivity contribution is 0.626. The van der Waals surface area contributed by atoms with Gasteiger partial charge in [0.1, 0.15) is 29.6 Å². The van der Waals surface area contributed by atoms with Gasteiger partial charge < -0.3 is 10.6 Å². The summed E-state index contributed by atoms with van der Waals surface area (Å²) in [6, 6.07) is 6.49. The number of anilines is 2. The minimum Gasteiger partial charge on any atom is -0.363 e. The molecule has 1 fully saturated rings. The molecule has 1 atom stereocenters. The smallest absolute Gasteiger partial charge is 0.139 e. The maximum atomic E-state index is 13.1. The first-order valence-electron chi connectivity index (χ1n) is 8.95. The first-order chi connectivity index (χ1) is 12.6. The van der Waals surface area contributed by atoms with E-state index in [2.05, 4.69) is 31.7 Å². The molecule has 4 rings (SSSR count). The second-order valence-corrected chi connectivity index (χ2v) is 6.93. The lowest BCUT2D eigenvalue weighted by atomic mass is 10.1. The van der Waals surface area contributed by atoms with Crippen molar-refractivity contribution in [3.05, 3.63) is 59.2 Å². The van der Waals surface area contributed by atoms with E-state index >= 15 is 0 Å². The van der Waals surface area contributed by atoms with Gasteiger partial charge in [-0.25, -0.2) is 14.4 Å². The van der Waals surface area contributed by atoms with Crippen molar-refractivity contribution in [1.29, 1.82) is 0 Å². The Hall–Kier alpha value is -2.76. The van der Waals surface area contributed by atoms with E-state index in [0.717, 1.165) is 41.1 Å². The Kier molecular flexibility index (Phi) is 4.41. The Morgan fingerprint density at radius 2 is 1.85 bits per heavy atom. The fourth-order valence-electron chi connectivity index (χ4n) is 3.10. The van der Waals surface area contributed by atoms with Gasteiger partial charge in [0.15, 0.2) is 0 Å². The monoisotopic (exact) mass is 351 g/mol. The number of halogens is 1. The first kappa shape index (κ1) is 16.7. The lowest BCUT2D eigenvalue weighted by Gasteiger charge is -2.18. The zero-order chi connectivity index (χ0) is 18.1. The van der Waals surface area contributed by atoms with Gasteiger partial charge in [-0.15, -0.1) is 0 Å². The molecule has 0 saturated heterocycles. The molecule has 6 heteroatoms. The molecule has 0 unspecified atom stereocenters. The molecular formula is C20H22FN5. The molecule has 2 aromatic rings. The Balaban J connectivity index is 1.48. The van der Waals surface area contributed by atoms with E-state index in [4.69, 9.17) is 0 Å². The van der Waals surface area contributed by atoms with Gasteiger partial charge in [0, 0.05) is 11.6 Å². The van der Waals surface area contributed by atoms with Crippen LogP contribution in [0.4, 0.5) is 16.0 Å². The van der Waals surface area contributed by atoms with Crippen molar-refractivity contribution in [1.82, 2.24) is 9.97 Å². The molecule has 0 radical (unpaired) electrons. The van der Waals surface area contributed by atoms with Crippen LogP contribution in [0.15, 0.2) is 47.2 Å². The number of benzene rings is 1. The molecule has 1 saturated carbocycles. The average molecular weight is 351 g/mol. The molecule has 0 amide bonds. The molecule has 0 spiro atoms. The quantitative estimate of drug-likeness (QED) is 0.845. The van der Waals surface area contributed by atoms with Gasteiger partial charge in [0.05, 0.1) is 6.54 Å². The van der Waals surface area contributed by atoms with Gasteiger partial charge in [0.2, 0.25) is 0 Å². The number of hydrogen-bond acceptors (Lipinski definition) is 5. The fourth-order valence-corrected chi connectivity index (χ4v) is 3.10. The fraction of sp³-hybridized carbons (Fsp3) is 0.350. The van der Waals surface area contributed by atoms with Crippen molar-refractivity contribution >= 4 is 17.5 Å². The van der Waals surface area contributed by atoms with Crippen LogP contribution < -0.4 is 10.6 Å². The minimum atomic E-state index is -0.235. The average Bonchev–Trinajstić information content (AvgIpc) is 3.38. The molecule has 2 heterocycles. The number of aromatic nitrogens is 2. The Bertz CT molecular complexity index is 868. The highest BCUT2D eigenvalue weighted by molar-refractivity contribution is 6.05. The van der Waals surface area contributed by atoms with Crippen molar-refractivity contribution in [2.24, 2.45) is 10.9 Å². The molecule has 1 aromatic carbocycles. The van der Waals surface area contributed by atoms with Crippen LogP contribution in [0.2, 0.25) is 0 Å². The molecule has 1 aromatic heterocycles. The van der Waals surface area contributed by atoms with Crippen LogP contribution in [-0.4, -0.2) is 22.3 Å². The SMILES string of the molecule is Cc1c(NC2=NCC(C3CC3)=C2)ncnc1N[C@@H](C)c1ccc(F)cc1. The van der Waals surface area contributed by atoms with Gasteiger partial charge in [-0.3, -0.25) is 4.99 Å². The summed E-state index contributed by atoms with van der Waals surface area (Å²) >= 11 is 0. The van der Waals surface area contributed by atoms with E-state index < -0.39 is 0 Å². The van der Waals surface area contributed by atoms with E-state index in [1.807, 2.05) is 13.8 Å². The summed E-state index contributed by atoms with van der Waals surface area (Å²) in [7, 11) is 0. The maximum absolute atomic E-state index is 13.1.